The Kier molecular flexibility index (Phi) is 5.19. The fourth-order valence-electron chi connectivity index (χ4n) is 1.82. The van der Waals surface area contributed by atoms with Crippen LogP contribution in [0.3, 0.4) is 0 Å². The lowest BCUT2D eigenvalue weighted by atomic mass is 10.1. The van der Waals surface area contributed by atoms with Crippen LogP contribution in [0.25, 0.3) is 0 Å². The van der Waals surface area contributed by atoms with Gasteiger partial charge in [-0.15, -0.1) is 0 Å². The first kappa shape index (κ1) is 14.2. The molecule has 1 rings (SSSR count). The molecule has 1 aromatic rings. The minimum Gasteiger partial charge on any atom is -0.356 e. The molecular weight excluding hydrogens is 234 g/mol. The Hall–Kier alpha value is -0.830. The molecule has 0 saturated carbocycles. The molecule has 0 aliphatic heterocycles. The number of hydrogen-bond acceptors (Lipinski definition) is 3. The van der Waals surface area contributed by atoms with Crippen LogP contribution in [0.1, 0.15) is 33.4 Å². The van der Waals surface area contributed by atoms with E-state index in [0.717, 1.165) is 24.6 Å². The van der Waals surface area contributed by atoms with Gasteiger partial charge in [-0.25, -0.2) is 9.97 Å². The van der Waals surface area contributed by atoms with Gasteiger partial charge in [-0.1, -0.05) is 27.7 Å². The normalized spacial score (nSPS) is 11.3. The van der Waals surface area contributed by atoms with Gasteiger partial charge in [0, 0.05) is 24.8 Å². The Labute approximate surface area is 109 Å². The van der Waals surface area contributed by atoms with Gasteiger partial charge in [0.15, 0.2) is 0 Å². The Balaban J connectivity index is 2.94. The van der Waals surface area contributed by atoms with E-state index in [1.165, 1.54) is 0 Å². The maximum atomic E-state index is 5.92. The van der Waals surface area contributed by atoms with Crippen molar-refractivity contribution < 1.29 is 0 Å². The van der Waals surface area contributed by atoms with Crippen LogP contribution in [-0.2, 0) is 0 Å². The van der Waals surface area contributed by atoms with E-state index in [-0.39, 0.29) is 0 Å². The van der Waals surface area contributed by atoms with Gasteiger partial charge < -0.3 is 4.90 Å². The van der Waals surface area contributed by atoms with E-state index < -0.39 is 0 Å². The average Bonchev–Trinajstić information content (AvgIpc) is 2.13. The van der Waals surface area contributed by atoms with Crippen molar-refractivity contribution in [3.63, 3.8) is 0 Å². The lowest BCUT2D eigenvalue weighted by Crippen LogP contribution is -2.32. The van der Waals surface area contributed by atoms with Crippen LogP contribution in [0, 0.1) is 18.8 Å². The van der Waals surface area contributed by atoms with Crippen molar-refractivity contribution in [1.82, 2.24) is 9.97 Å². The number of hydrogen-bond donors (Lipinski definition) is 0. The average molecular weight is 256 g/mol. The fraction of sp³-hybridized carbons (Fsp3) is 0.692. The Bertz CT molecular complexity index is 333. The van der Waals surface area contributed by atoms with Crippen LogP contribution < -0.4 is 4.90 Å². The zero-order chi connectivity index (χ0) is 13.0. The lowest BCUT2D eigenvalue weighted by Gasteiger charge is -2.27. The van der Waals surface area contributed by atoms with Crippen molar-refractivity contribution in [1.29, 1.82) is 0 Å². The quantitative estimate of drug-likeness (QED) is 0.754. The summed E-state index contributed by atoms with van der Waals surface area (Å²) in [5, 5.41) is 0.331. The van der Waals surface area contributed by atoms with Crippen molar-refractivity contribution in [2.24, 2.45) is 11.8 Å². The van der Waals surface area contributed by atoms with E-state index in [0.29, 0.717) is 17.1 Å². The first-order valence-electron chi connectivity index (χ1n) is 6.14. The summed E-state index contributed by atoms with van der Waals surface area (Å²) in [5.41, 5.74) is 0.914. The molecule has 0 N–H and O–H groups in total. The summed E-state index contributed by atoms with van der Waals surface area (Å²) in [7, 11) is 0. The molecule has 0 aliphatic rings. The van der Waals surface area contributed by atoms with E-state index in [1.54, 1.807) is 0 Å². The minimum atomic E-state index is 0.331. The maximum Gasteiger partial charge on any atom is 0.224 e. The molecular formula is C13H22ClN3. The van der Waals surface area contributed by atoms with Crippen LogP contribution >= 0.6 is 11.6 Å². The zero-order valence-electron chi connectivity index (χ0n) is 11.4. The highest BCUT2D eigenvalue weighted by Gasteiger charge is 2.13. The molecule has 0 aliphatic carbocycles. The molecule has 96 valence electrons. The number of rotatable bonds is 5. The van der Waals surface area contributed by atoms with Crippen molar-refractivity contribution >= 4 is 17.4 Å². The molecule has 1 aromatic heterocycles. The van der Waals surface area contributed by atoms with Gasteiger partial charge >= 0.3 is 0 Å². The summed E-state index contributed by atoms with van der Waals surface area (Å²) in [6.45, 7) is 12.8. The lowest BCUT2D eigenvalue weighted by molar-refractivity contribution is 0.548. The van der Waals surface area contributed by atoms with Crippen molar-refractivity contribution in [2.45, 2.75) is 34.6 Å². The highest BCUT2D eigenvalue weighted by molar-refractivity contribution is 6.28. The Morgan fingerprint density at radius 2 is 1.65 bits per heavy atom. The van der Waals surface area contributed by atoms with Gasteiger partial charge in [-0.3, -0.25) is 0 Å². The summed E-state index contributed by atoms with van der Waals surface area (Å²) in [4.78, 5) is 10.7. The third-order valence-corrected chi connectivity index (χ3v) is 2.48. The van der Waals surface area contributed by atoms with Crippen molar-refractivity contribution in [2.75, 3.05) is 18.0 Å². The fourth-order valence-corrected chi connectivity index (χ4v) is 2.04. The second-order valence-electron chi connectivity index (χ2n) is 5.33. The van der Waals surface area contributed by atoms with Gasteiger partial charge in [-0.05, 0) is 30.4 Å². The second-order valence-corrected chi connectivity index (χ2v) is 5.67. The Morgan fingerprint density at radius 3 is 2.06 bits per heavy atom. The predicted octanol–water partition coefficient (Wildman–Crippen LogP) is 3.56. The summed E-state index contributed by atoms with van der Waals surface area (Å²) in [6.07, 6.45) is 0. The van der Waals surface area contributed by atoms with E-state index in [9.17, 15) is 0 Å². The monoisotopic (exact) mass is 255 g/mol. The molecule has 0 amide bonds. The number of nitrogens with zero attached hydrogens (tertiary/aromatic N) is 3. The summed E-state index contributed by atoms with van der Waals surface area (Å²) in [5.74, 6) is 2.13. The largest absolute Gasteiger partial charge is 0.356 e. The van der Waals surface area contributed by atoms with Crippen molar-refractivity contribution in [3.05, 3.63) is 17.0 Å². The molecule has 17 heavy (non-hydrogen) atoms. The number of anilines is 1. The van der Waals surface area contributed by atoms with Crippen LogP contribution in [-0.4, -0.2) is 23.1 Å². The van der Waals surface area contributed by atoms with Crippen LogP contribution in [0.15, 0.2) is 6.07 Å². The van der Waals surface area contributed by atoms with E-state index >= 15 is 0 Å². The standard InChI is InChI=1S/C13H22ClN3/c1-9(2)7-17(8-10(3)4)12-6-11(5)15-13(14)16-12/h6,9-10H,7-8H2,1-5H3. The van der Waals surface area contributed by atoms with Gasteiger partial charge in [0.25, 0.3) is 0 Å². The number of aromatic nitrogens is 2. The molecule has 1 heterocycles. The topological polar surface area (TPSA) is 29.0 Å². The molecule has 0 saturated heterocycles. The summed E-state index contributed by atoms with van der Waals surface area (Å²) >= 11 is 5.92. The van der Waals surface area contributed by atoms with Gasteiger partial charge in [0.2, 0.25) is 5.28 Å². The smallest absolute Gasteiger partial charge is 0.224 e. The van der Waals surface area contributed by atoms with Gasteiger partial charge in [-0.2, -0.15) is 0 Å². The van der Waals surface area contributed by atoms with E-state index in [2.05, 4.69) is 42.6 Å². The van der Waals surface area contributed by atoms with Gasteiger partial charge in [0.05, 0.1) is 0 Å². The molecule has 0 atom stereocenters. The summed E-state index contributed by atoms with van der Waals surface area (Å²) < 4.78 is 0. The Morgan fingerprint density at radius 1 is 1.12 bits per heavy atom. The van der Waals surface area contributed by atoms with E-state index in [4.69, 9.17) is 11.6 Å². The van der Waals surface area contributed by atoms with Crippen LogP contribution in [0.4, 0.5) is 5.82 Å². The molecule has 4 heteroatoms. The van der Waals surface area contributed by atoms with Crippen molar-refractivity contribution in [3.8, 4) is 0 Å². The molecule has 0 spiro atoms. The first-order valence-corrected chi connectivity index (χ1v) is 6.52. The van der Waals surface area contributed by atoms with Crippen LogP contribution in [0.5, 0.6) is 0 Å². The molecule has 0 radical (unpaired) electrons. The maximum absolute atomic E-state index is 5.92. The van der Waals surface area contributed by atoms with Gasteiger partial charge in [0.1, 0.15) is 5.82 Å². The van der Waals surface area contributed by atoms with Crippen LogP contribution in [0.2, 0.25) is 5.28 Å². The third-order valence-electron chi connectivity index (χ3n) is 2.31. The number of halogens is 1. The number of aryl methyl sites for hydroxylation is 1. The molecule has 3 nitrogen and oxygen atoms in total. The molecule has 0 bridgehead atoms. The summed E-state index contributed by atoms with van der Waals surface area (Å²) in [6, 6.07) is 2.00. The molecule has 0 fully saturated rings. The molecule has 0 unspecified atom stereocenters. The highest BCUT2D eigenvalue weighted by atomic mass is 35.5. The first-order chi connectivity index (χ1) is 7.88. The van der Waals surface area contributed by atoms with E-state index in [1.807, 2.05) is 13.0 Å². The highest BCUT2D eigenvalue weighted by Crippen LogP contribution is 2.17. The molecule has 0 aromatic carbocycles. The third kappa shape index (κ3) is 4.90. The second kappa shape index (κ2) is 6.20. The SMILES string of the molecule is Cc1cc(N(CC(C)C)CC(C)C)nc(Cl)n1. The zero-order valence-corrected chi connectivity index (χ0v) is 12.1. The predicted molar refractivity (Wildman–Crippen MR) is 73.7 cm³/mol. The minimum absolute atomic E-state index is 0.331.